The van der Waals surface area contributed by atoms with Crippen LogP contribution in [0.1, 0.15) is 76.4 Å². The van der Waals surface area contributed by atoms with E-state index in [-0.39, 0.29) is 0 Å². The van der Waals surface area contributed by atoms with Crippen molar-refractivity contribution >= 4 is 5.95 Å². The minimum atomic E-state index is 0.557. The van der Waals surface area contributed by atoms with Gasteiger partial charge < -0.3 is 9.88 Å². The van der Waals surface area contributed by atoms with Crippen molar-refractivity contribution in [3.05, 3.63) is 11.9 Å². The van der Waals surface area contributed by atoms with Crippen molar-refractivity contribution in [1.82, 2.24) is 9.55 Å². The van der Waals surface area contributed by atoms with Crippen molar-refractivity contribution in [2.24, 2.45) is 5.92 Å². The zero-order valence-electron chi connectivity index (χ0n) is 13.1. The molecule has 1 heterocycles. The number of imidazole rings is 1. The number of rotatable bonds is 4. The third-order valence-corrected chi connectivity index (χ3v) is 5.28. The van der Waals surface area contributed by atoms with Crippen molar-refractivity contribution in [2.75, 3.05) is 5.32 Å². The Hall–Kier alpha value is -0.990. The summed E-state index contributed by atoms with van der Waals surface area (Å²) in [5.41, 5.74) is 1.15. The van der Waals surface area contributed by atoms with Gasteiger partial charge in [-0.05, 0) is 45.4 Å². The largest absolute Gasteiger partial charge is 0.353 e. The average molecular weight is 275 g/mol. The summed E-state index contributed by atoms with van der Waals surface area (Å²) in [7, 11) is 0. The first-order valence-electron chi connectivity index (χ1n) is 8.56. The van der Waals surface area contributed by atoms with Gasteiger partial charge >= 0.3 is 0 Å². The van der Waals surface area contributed by atoms with E-state index in [9.17, 15) is 0 Å². The molecule has 3 heteroatoms. The smallest absolute Gasteiger partial charge is 0.203 e. The molecule has 0 spiro atoms. The second kappa shape index (κ2) is 6.19. The second-order valence-electron chi connectivity index (χ2n) is 6.88. The molecule has 0 radical (unpaired) electrons. The summed E-state index contributed by atoms with van der Waals surface area (Å²) in [5, 5.41) is 3.72. The normalized spacial score (nSPS) is 23.1. The highest BCUT2D eigenvalue weighted by molar-refractivity contribution is 5.31. The molecule has 1 atom stereocenters. The first-order valence-corrected chi connectivity index (χ1v) is 8.56. The molecule has 1 aromatic rings. The van der Waals surface area contributed by atoms with Gasteiger partial charge in [-0.2, -0.15) is 0 Å². The maximum absolute atomic E-state index is 4.75. The maximum atomic E-state index is 4.75. The number of aromatic nitrogens is 2. The molecule has 1 aromatic heterocycles. The van der Waals surface area contributed by atoms with Gasteiger partial charge in [-0.25, -0.2) is 4.98 Å². The first-order chi connectivity index (χ1) is 9.74. The molecule has 0 aliphatic heterocycles. The summed E-state index contributed by atoms with van der Waals surface area (Å²) in [6, 6.07) is 1.23. The topological polar surface area (TPSA) is 29.9 Å². The molecular formula is C17H29N3. The Kier molecular flexibility index (Phi) is 4.32. The van der Waals surface area contributed by atoms with E-state index >= 15 is 0 Å². The van der Waals surface area contributed by atoms with Gasteiger partial charge in [-0.3, -0.25) is 0 Å². The Morgan fingerprint density at radius 3 is 2.45 bits per heavy atom. The molecule has 1 N–H and O–H groups in total. The van der Waals surface area contributed by atoms with Crippen LogP contribution in [-0.4, -0.2) is 15.6 Å². The van der Waals surface area contributed by atoms with Crippen LogP contribution in [0, 0.1) is 12.8 Å². The monoisotopic (exact) mass is 275 g/mol. The van der Waals surface area contributed by atoms with E-state index in [1.807, 2.05) is 0 Å². The number of nitrogens with one attached hydrogen (secondary N) is 1. The van der Waals surface area contributed by atoms with E-state index in [1.165, 1.54) is 57.8 Å². The second-order valence-corrected chi connectivity index (χ2v) is 6.88. The molecule has 0 amide bonds. The number of nitrogens with zero attached hydrogens (tertiary/aromatic N) is 2. The third kappa shape index (κ3) is 3.02. The van der Waals surface area contributed by atoms with Gasteiger partial charge in [0.05, 0.1) is 5.69 Å². The highest BCUT2D eigenvalue weighted by atomic mass is 15.2. The molecular weight excluding hydrogens is 246 g/mol. The maximum Gasteiger partial charge on any atom is 0.203 e. The fraction of sp³-hybridized carbons (Fsp3) is 0.824. The van der Waals surface area contributed by atoms with E-state index in [0.29, 0.717) is 12.1 Å². The molecule has 2 fully saturated rings. The molecule has 0 bridgehead atoms. The van der Waals surface area contributed by atoms with Gasteiger partial charge in [0.1, 0.15) is 0 Å². The molecule has 0 aromatic carbocycles. The highest BCUT2D eigenvalue weighted by Crippen LogP contribution is 2.33. The number of aryl methyl sites for hydroxylation is 1. The zero-order valence-corrected chi connectivity index (χ0v) is 13.1. The lowest BCUT2D eigenvalue weighted by atomic mass is 9.95. The highest BCUT2D eigenvalue weighted by Gasteiger charge is 2.24. The molecule has 2 aliphatic carbocycles. The minimum Gasteiger partial charge on any atom is -0.353 e. The molecule has 2 aliphatic rings. The lowest BCUT2D eigenvalue weighted by Gasteiger charge is -2.27. The van der Waals surface area contributed by atoms with Crippen LogP contribution >= 0.6 is 0 Å². The van der Waals surface area contributed by atoms with Gasteiger partial charge in [0, 0.05) is 18.3 Å². The predicted octanol–water partition coefficient (Wildman–Crippen LogP) is 4.69. The van der Waals surface area contributed by atoms with Crippen LogP contribution in [0.2, 0.25) is 0 Å². The van der Waals surface area contributed by atoms with Crippen LogP contribution < -0.4 is 5.32 Å². The third-order valence-electron chi connectivity index (χ3n) is 5.28. The number of hydrogen-bond donors (Lipinski definition) is 1. The van der Waals surface area contributed by atoms with E-state index in [0.717, 1.165) is 17.6 Å². The quantitative estimate of drug-likeness (QED) is 0.864. The summed E-state index contributed by atoms with van der Waals surface area (Å²) < 4.78 is 2.43. The van der Waals surface area contributed by atoms with Crippen LogP contribution in [-0.2, 0) is 0 Å². The van der Waals surface area contributed by atoms with Crippen molar-refractivity contribution in [3.8, 4) is 0 Å². The fourth-order valence-corrected chi connectivity index (χ4v) is 4.04. The Morgan fingerprint density at radius 2 is 1.75 bits per heavy atom. The lowest BCUT2D eigenvalue weighted by Crippen LogP contribution is -2.26. The van der Waals surface area contributed by atoms with Crippen molar-refractivity contribution in [2.45, 2.75) is 83.7 Å². The minimum absolute atomic E-state index is 0.557. The van der Waals surface area contributed by atoms with Gasteiger partial charge in [-0.1, -0.05) is 32.1 Å². The molecule has 1 unspecified atom stereocenters. The molecule has 2 saturated carbocycles. The molecule has 0 saturated heterocycles. The summed E-state index contributed by atoms with van der Waals surface area (Å²) >= 11 is 0. The van der Waals surface area contributed by atoms with Gasteiger partial charge in [0.15, 0.2) is 0 Å². The SMILES string of the molecule is Cc1cn(C2CCCCC2)c(NC(C)C2CCCC2)n1. The standard InChI is InChI=1S/C17H29N3/c1-13-12-20(16-10-4-3-5-11-16)17(18-13)19-14(2)15-8-6-7-9-15/h12,14-16H,3-11H2,1-2H3,(H,18,19). The molecule has 3 nitrogen and oxygen atoms in total. The Balaban J connectivity index is 1.71. The van der Waals surface area contributed by atoms with E-state index in [2.05, 4.69) is 29.9 Å². The Bertz CT molecular complexity index is 425. The zero-order chi connectivity index (χ0) is 13.9. The Morgan fingerprint density at radius 1 is 1.10 bits per heavy atom. The predicted molar refractivity (Wildman–Crippen MR) is 84.1 cm³/mol. The first kappa shape index (κ1) is 14.0. The van der Waals surface area contributed by atoms with E-state index < -0.39 is 0 Å². The molecule has 3 rings (SSSR count). The fourth-order valence-electron chi connectivity index (χ4n) is 4.04. The Labute approximate surface area is 123 Å². The van der Waals surface area contributed by atoms with Crippen LogP contribution in [0.3, 0.4) is 0 Å². The lowest BCUT2D eigenvalue weighted by molar-refractivity contribution is 0.354. The van der Waals surface area contributed by atoms with Crippen molar-refractivity contribution < 1.29 is 0 Å². The van der Waals surface area contributed by atoms with Crippen molar-refractivity contribution in [1.29, 1.82) is 0 Å². The van der Waals surface area contributed by atoms with Crippen LogP contribution in [0.4, 0.5) is 5.95 Å². The number of anilines is 1. The van der Waals surface area contributed by atoms with Crippen LogP contribution in [0.5, 0.6) is 0 Å². The summed E-state index contributed by atoms with van der Waals surface area (Å²) in [6.45, 7) is 4.45. The van der Waals surface area contributed by atoms with Crippen LogP contribution in [0.15, 0.2) is 6.20 Å². The van der Waals surface area contributed by atoms with Gasteiger partial charge in [-0.15, -0.1) is 0 Å². The van der Waals surface area contributed by atoms with Gasteiger partial charge in [0.25, 0.3) is 0 Å². The van der Waals surface area contributed by atoms with Crippen molar-refractivity contribution in [3.63, 3.8) is 0 Å². The average Bonchev–Trinajstić information content (AvgIpc) is 3.09. The van der Waals surface area contributed by atoms with E-state index in [1.54, 1.807) is 0 Å². The molecule has 112 valence electrons. The van der Waals surface area contributed by atoms with E-state index in [4.69, 9.17) is 4.98 Å². The number of hydrogen-bond acceptors (Lipinski definition) is 2. The molecule has 20 heavy (non-hydrogen) atoms. The summed E-state index contributed by atoms with van der Waals surface area (Å²) in [4.78, 5) is 4.75. The summed E-state index contributed by atoms with van der Waals surface area (Å²) in [6.07, 6.45) is 14.6. The van der Waals surface area contributed by atoms with Gasteiger partial charge in [0.2, 0.25) is 5.95 Å². The van der Waals surface area contributed by atoms with Crippen LogP contribution in [0.25, 0.3) is 0 Å². The summed E-state index contributed by atoms with van der Waals surface area (Å²) in [5.74, 6) is 1.96.